The van der Waals surface area contributed by atoms with E-state index in [1.165, 1.54) is 10.9 Å². The molecular weight excluding hydrogens is 585 g/mol. The molecule has 2 N–H and O–H groups in total. The molecule has 16 heteroatoms. The van der Waals surface area contributed by atoms with Crippen molar-refractivity contribution >= 4 is 33.2 Å². The third-order valence-corrected chi connectivity index (χ3v) is 8.89. The number of amides is 1. The molecule has 3 rings (SSSR count). The Morgan fingerprint density at radius 2 is 1.85 bits per heavy atom. The Hall–Kier alpha value is -2.68. The number of sulfone groups is 1. The van der Waals surface area contributed by atoms with Crippen molar-refractivity contribution < 1.29 is 39.9 Å². The largest absolute Gasteiger partial charge is 0.434 e. The molecule has 1 aliphatic rings. The van der Waals surface area contributed by atoms with Gasteiger partial charge in [-0.2, -0.15) is 27.1 Å². The Balaban J connectivity index is 1.86. The van der Waals surface area contributed by atoms with Gasteiger partial charge in [0, 0.05) is 31.6 Å². The topological polar surface area (TPSA) is 115 Å². The molecule has 40 heavy (non-hydrogen) atoms. The lowest BCUT2D eigenvalue weighted by atomic mass is 9.89. The van der Waals surface area contributed by atoms with Crippen LogP contribution in [0.3, 0.4) is 0 Å². The molecule has 224 valence electrons. The SMILES string of the molecule is CCn1nc(C(=O)NC[C@H]2CC[C@H](S(C)(=O)=O)CC2)c(Cl)c1-c1cnc(NC(C)(C)C(F)(F)F)cc1OC(F)F. The van der Waals surface area contributed by atoms with Crippen LogP contribution in [0.2, 0.25) is 5.02 Å². The zero-order chi connectivity index (χ0) is 30.0. The van der Waals surface area contributed by atoms with Crippen molar-refractivity contribution in [1.29, 1.82) is 0 Å². The minimum absolute atomic E-state index is 0.0211. The van der Waals surface area contributed by atoms with E-state index in [1.54, 1.807) is 6.92 Å². The first-order chi connectivity index (χ1) is 18.4. The molecule has 2 aromatic heterocycles. The van der Waals surface area contributed by atoms with Crippen LogP contribution in [0.5, 0.6) is 5.75 Å². The molecule has 2 heterocycles. The lowest BCUT2D eigenvalue weighted by Gasteiger charge is -2.29. The number of aryl methyl sites for hydroxylation is 1. The number of rotatable bonds is 10. The first-order valence-electron chi connectivity index (χ1n) is 12.5. The number of nitrogens with zero attached hydrogens (tertiary/aromatic N) is 3. The van der Waals surface area contributed by atoms with Gasteiger partial charge < -0.3 is 15.4 Å². The molecule has 0 bridgehead atoms. The molecule has 0 radical (unpaired) electrons. The third-order valence-electron chi connectivity index (χ3n) is 6.85. The number of carbonyl (C=O) groups excluding carboxylic acids is 1. The lowest BCUT2D eigenvalue weighted by Crippen LogP contribution is -2.46. The highest BCUT2D eigenvalue weighted by Gasteiger charge is 2.47. The van der Waals surface area contributed by atoms with Gasteiger partial charge in [0.25, 0.3) is 5.91 Å². The Labute approximate surface area is 233 Å². The summed E-state index contributed by atoms with van der Waals surface area (Å²) < 4.78 is 95.9. The van der Waals surface area contributed by atoms with Crippen molar-refractivity contribution in [3.8, 4) is 17.0 Å². The van der Waals surface area contributed by atoms with Gasteiger partial charge in [-0.05, 0) is 52.4 Å². The van der Waals surface area contributed by atoms with Crippen LogP contribution in [-0.2, 0) is 16.4 Å². The number of hydrogen-bond acceptors (Lipinski definition) is 7. The van der Waals surface area contributed by atoms with E-state index in [9.17, 15) is 35.2 Å². The zero-order valence-corrected chi connectivity index (χ0v) is 23.9. The fourth-order valence-electron chi connectivity index (χ4n) is 4.42. The first kappa shape index (κ1) is 31.8. The van der Waals surface area contributed by atoms with E-state index in [1.807, 2.05) is 0 Å². The molecule has 0 atom stereocenters. The number of alkyl halides is 5. The van der Waals surface area contributed by atoms with Crippen molar-refractivity contribution in [2.75, 3.05) is 18.1 Å². The molecular formula is C24H31ClF5N5O4S. The highest BCUT2D eigenvalue weighted by molar-refractivity contribution is 7.91. The second-order valence-electron chi connectivity index (χ2n) is 10.2. The van der Waals surface area contributed by atoms with Crippen molar-refractivity contribution in [2.24, 2.45) is 5.92 Å². The van der Waals surface area contributed by atoms with Crippen LogP contribution in [-0.4, -0.2) is 65.5 Å². The van der Waals surface area contributed by atoms with Crippen molar-refractivity contribution in [3.63, 3.8) is 0 Å². The summed E-state index contributed by atoms with van der Waals surface area (Å²) in [6, 6.07) is 0.894. The van der Waals surface area contributed by atoms with Crippen molar-refractivity contribution in [1.82, 2.24) is 20.1 Å². The van der Waals surface area contributed by atoms with Gasteiger partial charge in [-0.1, -0.05) is 11.6 Å². The minimum atomic E-state index is -4.67. The fourth-order valence-corrected chi connectivity index (χ4v) is 5.88. The quantitative estimate of drug-likeness (QED) is 0.348. The molecule has 1 aliphatic carbocycles. The van der Waals surface area contributed by atoms with Crippen LogP contribution in [0, 0.1) is 5.92 Å². The van der Waals surface area contributed by atoms with E-state index in [4.69, 9.17) is 11.6 Å². The summed E-state index contributed by atoms with van der Waals surface area (Å²) in [4.78, 5) is 16.9. The maximum Gasteiger partial charge on any atom is 0.410 e. The van der Waals surface area contributed by atoms with Crippen LogP contribution in [0.4, 0.5) is 27.8 Å². The summed E-state index contributed by atoms with van der Waals surface area (Å²) in [6.07, 6.45) is -0.207. The van der Waals surface area contributed by atoms with Gasteiger partial charge in [-0.3, -0.25) is 9.48 Å². The normalized spacial score (nSPS) is 18.6. The number of ether oxygens (including phenoxy) is 1. The van der Waals surface area contributed by atoms with Gasteiger partial charge >= 0.3 is 12.8 Å². The summed E-state index contributed by atoms with van der Waals surface area (Å²) in [6.45, 7) is 0.492. The summed E-state index contributed by atoms with van der Waals surface area (Å²) in [5, 5.41) is 8.53. The van der Waals surface area contributed by atoms with Crippen molar-refractivity contribution in [2.45, 2.75) is 76.6 Å². The Kier molecular flexibility index (Phi) is 9.59. The smallest absolute Gasteiger partial charge is 0.410 e. The Morgan fingerprint density at radius 3 is 2.38 bits per heavy atom. The summed E-state index contributed by atoms with van der Waals surface area (Å²) >= 11 is 6.50. The van der Waals surface area contributed by atoms with Gasteiger partial charge in [-0.15, -0.1) is 0 Å². The number of carbonyl (C=O) groups is 1. The number of nitrogens with one attached hydrogen (secondary N) is 2. The molecule has 1 saturated carbocycles. The van der Waals surface area contributed by atoms with E-state index in [0.29, 0.717) is 25.7 Å². The van der Waals surface area contributed by atoms with Gasteiger partial charge in [0.1, 0.15) is 26.9 Å². The lowest BCUT2D eigenvalue weighted by molar-refractivity contribution is -0.168. The molecule has 0 saturated heterocycles. The minimum Gasteiger partial charge on any atom is -0.434 e. The molecule has 0 aromatic carbocycles. The molecule has 2 aromatic rings. The van der Waals surface area contributed by atoms with Crippen LogP contribution in [0.15, 0.2) is 12.3 Å². The monoisotopic (exact) mass is 615 g/mol. The molecule has 9 nitrogen and oxygen atoms in total. The second kappa shape index (κ2) is 12.0. The van der Waals surface area contributed by atoms with Crippen LogP contribution < -0.4 is 15.4 Å². The Bertz CT molecular complexity index is 1330. The molecule has 0 unspecified atom stereocenters. The van der Waals surface area contributed by atoms with Gasteiger partial charge in [0.2, 0.25) is 0 Å². The van der Waals surface area contributed by atoms with Crippen LogP contribution in [0.1, 0.15) is 56.9 Å². The van der Waals surface area contributed by atoms with Gasteiger partial charge in [0.05, 0.1) is 21.5 Å². The van der Waals surface area contributed by atoms with Crippen LogP contribution in [0.25, 0.3) is 11.3 Å². The molecule has 1 amide bonds. The van der Waals surface area contributed by atoms with E-state index in [-0.39, 0.29) is 46.8 Å². The number of anilines is 1. The Morgan fingerprint density at radius 1 is 1.23 bits per heavy atom. The third kappa shape index (κ3) is 7.33. The number of aromatic nitrogens is 3. The fraction of sp³-hybridized carbons (Fsp3) is 0.625. The van der Waals surface area contributed by atoms with Crippen LogP contribution >= 0.6 is 11.6 Å². The highest BCUT2D eigenvalue weighted by atomic mass is 35.5. The number of pyridine rings is 1. The van der Waals surface area contributed by atoms with E-state index in [0.717, 1.165) is 26.1 Å². The predicted octanol–water partition coefficient (Wildman–Crippen LogP) is 5.31. The molecule has 1 fully saturated rings. The van der Waals surface area contributed by atoms with Gasteiger partial charge in [0.15, 0.2) is 5.69 Å². The summed E-state index contributed by atoms with van der Waals surface area (Å²) in [5.41, 5.74) is -2.70. The summed E-state index contributed by atoms with van der Waals surface area (Å²) in [7, 11) is -3.12. The maximum absolute atomic E-state index is 13.3. The number of halogens is 6. The average Bonchev–Trinajstić information content (AvgIpc) is 3.17. The maximum atomic E-state index is 13.3. The predicted molar refractivity (Wildman–Crippen MR) is 139 cm³/mol. The second-order valence-corrected chi connectivity index (χ2v) is 12.9. The average molecular weight is 616 g/mol. The zero-order valence-electron chi connectivity index (χ0n) is 22.3. The van der Waals surface area contributed by atoms with E-state index >= 15 is 0 Å². The van der Waals surface area contributed by atoms with E-state index < -0.39 is 45.1 Å². The highest BCUT2D eigenvalue weighted by Crippen LogP contribution is 2.40. The van der Waals surface area contributed by atoms with Crippen molar-refractivity contribution in [3.05, 3.63) is 23.0 Å². The standard InChI is InChI=1S/C24H31ClF5N5O4S/c1-5-35-20(15-12-31-17(10-16(15)39-22(26)27)33-23(2,3)24(28,29)30)18(25)19(34-35)21(36)32-11-13-6-8-14(9-7-13)40(4,37)38/h10,12-14,22H,5-9,11H2,1-4H3,(H,31,33)(H,32,36)/t13-,14-. The summed E-state index contributed by atoms with van der Waals surface area (Å²) in [5.74, 6) is -1.46. The van der Waals surface area contributed by atoms with E-state index in [2.05, 4.69) is 25.5 Å². The van der Waals surface area contributed by atoms with Gasteiger partial charge in [-0.25, -0.2) is 13.4 Å². The number of hydrogen-bond donors (Lipinski definition) is 2. The molecule has 0 aliphatic heterocycles. The first-order valence-corrected chi connectivity index (χ1v) is 14.8. The molecule has 0 spiro atoms.